The Bertz CT molecular complexity index is 1120. The summed E-state index contributed by atoms with van der Waals surface area (Å²) in [5, 5.41) is 2.34. The average Bonchev–Trinajstić information content (AvgIpc) is 2.86. The zero-order chi connectivity index (χ0) is 22.3. The van der Waals surface area contributed by atoms with Gasteiger partial charge in [0.15, 0.2) is 0 Å². The van der Waals surface area contributed by atoms with Crippen LogP contribution in [0, 0.1) is 5.92 Å². The number of rotatable bonds is 6. The standard InChI is InChI=1S/C28H29NO3/c1-32-27(30)18-17-21-9-7-15-25(19-21)29(28(31)23-11-3-2-4-12-23)20-24-14-8-13-22-10-5-6-16-26(22)24/h5-10,13-19,23H,2-4,11-12,20H2,1H3. The maximum absolute atomic E-state index is 13.7. The molecule has 1 amide bonds. The van der Waals surface area contributed by atoms with Gasteiger partial charge in [-0.05, 0) is 52.9 Å². The van der Waals surface area contributed by atoms with Crippen LogP contribution in [-0.4, -0.2) is 19.0 Å². The van der Waals surface area contributed by atoms with E-state index < -0.39 is 5.97 Å². The number of hydrogen-bond acceptors (Lipinski definition) is 3. The molecule has 0 saturated heterocycles. The maximum Gasteiger partial charge on any atom is 0.330 e. The van der Waals surface area contributed by atoms with Gasteiger partial charge in [0.25, 0.3) is 0 Å². The van der Waals surface area contributed by atoms with E-state index in [1.807, 2.05) is 41.3 Å². The molecular weight excluding hydrogens is 398 g/mol. The van der Waals surface area contributed by atoms with Crippen LogP contribution in [0.15, 0.2) is 72.8 Å². The molecule has 1 fully saturated rings. The fourth-order valence-corrected chi connectivity index (χ4v) is 4.50. The highest BCUT2D eigenvalue weighted by Gasteiger charge is 2.27. The normalized spacial score (nSPS) is 14.5. The van der Waals surface area contributed by atoms with Gasteiger partial charge >= 0.3 is 5.97 Å². The Morgan fingerprint density at radius 3 is 2.53 bits per heavy atom. The molecule has 0 bridgehead atoms. The Morgan fingerprint density at radius 2 is 1.72 bits per heavy atom. The third-order valence-corrected chi connectivity index (χ3v) is 6.22. The molecule has 3 aromatic rings. The molecule has 0 unspecified atom stereocenters. The minimum absolute atomic E-state index is 0.0630. The summed E-state index contributed by atoms with van der Waals surface area (Å²) in [6, 6.07) is 22.3. The summed E-state index contributed by atoms with van der Waals surface area (Å²) >= 11 is 0. The predicted octanol–water partition coefficient (Wildman–Crippen LogP) is 6.14. The Labute approximate surface area is 189 Å². The lowest BCUT2D eigenvalue weighted by Gasteiger charge is -2.30. The number of methoxy groups -OCH3 is 1. The van der Waals surface area contributed by atoms with Crippen molar-refractivity contribution in [1.29, 1.82) is 0 Å². The van der Waals surface area contributed by atoms with Crippen molar-refractivity contribution in [3.8, 4) is 0 Å². The highest BCUT2D eigenvalue weighted by Crippen LogP contribution is 2.30. The Morgan fingerprint density at radius 1 is 0.969 bits per heavy atom. The first-order chi connectivity index (χ1) is 15.7. The lowest BCUT2D eigenvalue weighted by molar-refractivity contribution is -0.134. The van der Waals surface area contributed by atoms with E-state index in [-0.39, 0.29) is 11.8 Å². The van der Waals surface area contributed by atoms with Crippen LogP contribution < -0.4 is 4.90 Å². The summed E-state index contributed by atoms with van der Waals surface area (Å²) in [5.74, 6) is -0.152. The fourth-order valence-electron chi connectivity index (χ4n) is 4.50. The van der Waals surface area contributed by atoms with Gasteiger partial charge in [0.2, 0.25) is 5.91 Å². The summed E-state index contributed by atoms with van der Waals surface area (Å²) in [6.45, 7) is 0.515. The Kier molecular flexibility index (Phi) is 7.00. The van der Waals surface area contributed by atoms with E-state index in [2.05, 4.69) is 30.3 Å². The van der Waals surface area contributed by atoms with Gasteiger partial charge in [-0.25, -0.2) is 4.79 Å². The van der Waals surface area contributed by atoms with Crippen molar-refractivity contribution in [2.75, 3.05) is 12.0 Å². The van der Waals surface area contributed by atoms with E-state index in [0.29, 0.717) is 6.54 Å². The van der Waals surface area contributed by atoms with E-state index in [1.165, 1.54) is 25.0 Å². The van der Waals surface area contributed by atoms with Crippen molar-refractivity contribution in [3.05, 3.63) is 83.9 Å². The van der Waals surface area contributed by atoms with E-state index in [0.717, 1.165) is 47.9 Å². The number of carbonyl (C=O) groups excluding carboxylic acids is 2. The van der Waals surface area contributed by atoms with Crippen LogP contribution in [0.5, 0.6) is 0 Å². The van der Waals surface area contributed by atoms with Crippen LogP contribution in [-0.2, 0) is 20.9 Å². The van der Waals surface area contributed by atoms with Crippen molar-refractivity contribution in [3.63, 3.8) is 0 Å². The van der Waals surface area contributed by atoms with Crippen molar-refractivity contribution < 1.29 is 14.3 Å². The van der Waals surface area contributed by atoms with Gasteiger partial charge in [-0.3, -0.25) is 4.79 Å². The fraction of sp³-hybridized carbons (Fsp3) is 0.286. The van der Waals surface area contributed by atoms with Gasteiger partial charge in [0.1, 0.15) is 0 Å². The molecule has 0 radical (unpaired) electrons. The Hall–Kier alpha value is -3.40. The van der Waals surface area contributed by atoms with Crippen molar-refractivity contribution in [2.45, 2.75) is 38.6 Å². The van der Waals surface area contributed by atoms with Gasteiger partial charge in [-0.2, -0.15) is 0 Å². The van der Waals surface area contributed by atoms with Gasteiger partial charge < -0.3 is 9.64 Å². The van der Waals surface area contributed by atoms with Crippen molar-refractivity contribution in [1.82, 2.24) is 0 Å². The van der Waals surface area contributed by atoms with Crippen LogP contribution in [0.1, 0.15) is 43.2 Å². The van der Waals surface area contributed by atoms with E-state index >= 15 is 0 Å². The number of esters is 1. The second kappa shape index (κ2) is 10.3. The molecule has 0 heterocycles. The van der Waals surface area contributed by atoms with E-state index in [9.17, 15) is 9.59 Å². The molecule has 0 N–H and O–H groups in total. The zero-order valence-electron chi connectivity index (χ0n) is 18.5. The summed E-state index contributed by atoms with van der Waals surface area (Å²) in [7, 11) is 1.36. The summed E-state index contributed by atoms with van der Waals surface area (Å²) < 4.78 is 4.70. The second-order valence-electron chi connectivity index (χ2n) is 8.35. The number of ether oxygens (including phenoxy) is 1. The topological polar surface area (TPSA) is 46.6 Å². The van der Waals surface area contributed by atoms with Crippen LogP contribution in [0.2, 0.25) is 0 Å². The largest absolute Gasteiger partial charge is 0.466 e. The van der Waals surface area contributed by atoms with E-state index in [4.69, 9.17) is 4.74 Å². The molecule has 32 heavy (non-hydrogen) atoms. The van der Waals surface area contributed by atoms with Crippen LogP contribution in [0.25, 0.3) is 16.8 Å². The molecule has 0 aromatic heterocycles. The van der Waals surface area contributed by atoms with Gasteiger partial charge in [-0.1, -0.05) is 73.9 Å². The molecule has 1 aliphatic rings. The molecular formula is C28H29NO3. The predicted molar refractivity (Wildman–Crippen MR) is 129 cm³/mol. The molecule has 0 atom stereocenters. The highest BCUT2D eigenvalue weighted by molar-refractivity contribution is 5.96. The lowest BCUT2D eigenvalue weighted by atomic mass is 9.88. The summed E-state index contributed by atoms with van der Waals surface area (Å²) in [6.07, 6.45) is 8.45. The van der Waals surface area contributed by atoms with Crippen molar-refractivity contribution >= 4 is 34.4 Å². The SMILES string of the molecule is COC(=O)C=Cc1cccc(N(Cc2cccc3ccccc23)C(=O)C2CCCCC2)c1. The second-order valence-corrected chi connectivity index (χ2v) is 8.35. The van der Waals surface area contributed by atoms with Gasteiger partial charge in [0, 0.05) is 17.7 Å². The first-order valence-electron chi connectivity index (χ1n) is 11.3. The third-order valence-electron chi connectivity index (χ3n) is 6.22. The summed E-state index contributed by atoms with van der Waals surface area (Å²) in [5.41, 5.74) is 2.83. The smallest absolute Gasteiger partial charge is 0.330 e. The molecule has 1 aliphatic carbocycles. The zero-order valence-corrected chi connectivity index (χ0v) is 18.5. The monoisotopic (exact) mass is 427 g/mol. The molecule has 164 valence electrons. The maximum atomic E-state index is 13.7. The number of anilines is 1. The quantitative estimate of drug-likeness (QED) is 0.351. The molecule has 4 heteroatoms. The number of hydrogen-bond donors (Lipinski definition) is 0. The van der Waals surface area contributed by atoms with E-state index in [1.54, 1.807) is 6.08 Å². The van der Waals surface area contributed by atoms with Crippen molar-refractivity contribution in [2.24, 2.45) is 5.92 Å². The molecule has 1 saturated carbocycles. The minimum Gasteiger partial charge on any atom is -0.466 e. The van der Waals surface area contributed by atoms with Crippen LogP contribution >= 0.6 is 0 Å². The minimum atomic E-state index is -0.402. The number of fused-ring (bicyclic) bond motifs is 1. The number of nitrogens with zero attached hydrogens (tertiary/aromatic N) is 1. The molecule has 3 aromatic carbocycles. The third kappa shape index (κ3) is 5.08. The molecule has 4 rings (SSSR count). The molecule has 0 spiro atoms. The number of carbonyl (C=O) groups is 2. The summed E-state index contributed by atoms with van der Waals surface area (Å²) in [4.78, 5) is 27.1. The van der Waals surface area contributed by atoms with Gasteiger partial charge in [-0.15, -0.1) is 0 Å². The number of benzene rings is 3. The Balaban J connectivity index is 1.70. The first kappa shape index (κ1) is 21.8. The number of amides is 1. The van der Waals surface area contributed by atoms with Crippen LogP contribution in [0.4, 0.5) is 5.69 Å². The lowest BCUT2D eigenvalue weighted by Crippen LogP contribution is -2.36. The first-order valence-corrected chi connectivity index (χ1v) is 11.3. The molecule has 0 aliphatic heterocycles. The highest BCUT2D eigenvalue weighted by atomic mass is 16.5. The van der Waals surface area contributed by atoms with Gasteiger partial charge in [0.05, 0.1) is 13.7 Å². The van der Waals surface area contributed by atoms with Crippen LogP contribution in [0.3, 0.4) is 0 Å². The average molecular weight is 428 g/mol. The molecule has 4 nitrogen and oxygen atoms in total.